The van der Waals surface area contributed by atoms with Gasteiger partial charge in [0.15, 0.2) is 0 Å². The minimum atomic E-state index is -0.809. The van der Waals surface area contributed by atoms with E-state index in [-0.39, 0.29) is 12.5 Å². The van der Waals surface area contributed by atoms with Crippen LogP contribution in [0.1, 0.15) is 26.7 Å². The van der Waals surface area contributed by atoms with Crippen molar-refractivity contribution < 1.29 is 9.90 Å². The van der Waals surface area contributed by atoms with Crippen LogP contribution in [-0.2, 0) is 4.79 Å². The average Bonchev–Trinajstić information content (AvgIpc) is 1.84. The summed E-state index contributed by atoms with van der Waals surface area (Å²) in [5, 5.41) is 8.90. The third-order valence-electron chi connectivity index (χ3n) is 1.52. The second kappa shape index (κ2) is 6.31. The summed E-state index contributed by atoms with van der Waals surface area (Å²) in [6.45, 7) is 4.17. The summed E-state index contributed by atoms with van der Waals surface area (Å²) >= 11 is 1.81. The van der Waals surface area contributed by atoms with Crippen molar-refractivity contribution in [2.75, 3.05) is 5.75 Å². The number of hydrogen-bond donors (Lipinski definition) is 2. The summed E-state index contributed by atoms with van der Waals surface area (Å²) in [6, 6.07) is -0.198. The van der Waals surface area contributed by atoms with Gasteiger partial charge < -0.3 is 10.8 Å². The summed E-state index contributed by atoms with van der Waals surface area (Å²) < 4.78 is 0. The first-order valence-electron chi connectivity index (χ1n) is 4.15. The molecule has 0 fully saturated rings. The number of aliphatic carboxylic acids is 1. The quantitative estimate of drug-likeness (QED) is 0.664. The molecule has 0 bridgehead atoms. The fourth-order valence-electron chi connectivity index (χ4n) is 1.09. The molecule has 0 aliphatic heterocycles. The molecule has 0 heterocycles. The number of carboxylic acids is 1. The highest BCUT2D eigenvalue weighted by atomic mass is 32.2. The number of carbonyl (C=O) groups is 1. The molecule has 0 saturated carbocycles. The van der Waals surface area contributed by atoms with Gasteiger partial charge in [-0.05, 0) is 12.2 Å². The van der Waals surface area contributed by atoms with Gasteiger partial charge in [0.25, 0.3) is 0 Å². The zero-order valence-electron chi connectivity index (χ0n) is 7.62. The van der Waals surface area contributed by atoms with Gasteiger partial charge in [-0.3, -0.25) is 4.79 Å². The molecule has 12 heavy (non-hydrogen) atoms. The molecule has 0 aliphatic rings. The highest BCUT2D eigenvalue weighted by Crippen LogP contribution is 2.15. The molecule has 0 aliphatic carbocycles. The molecule has 4 heteroatoms. The zero-order valence-corrected chi connectivity index (χ0v) is 8.43. The fourth-order valence-corrected chi connectivity index (χ4v) is 2.04. The van der Waals surface area contributed by atoms with Crippen molar-refractivity contribution in [2.24, 2.45) is 5.73 Å². The van der Waals surface area contributed by atoms with Crippen LogP contribution >= 0.6 is 11.8 Å². The van der Waals surface area contributed by atoms with Crippen LogP contribution in [0.5, 0.6) is 0 Å². The van der Waals surface area contributed by atoms with E-state index in [0.717, 1.165) is 12.2 Å². The van der Waals surface area contributed by atoms with Crippen LogP contribution in [0, 0.1) is 0 Å². The van der Waals surface area contributed by atoms with Crippen molar-refractivity contribution in [1.82, 2.24) is 0 Å². The van der Waals surface area contributed by atoms with Crippen LogP contribution in [0.4, 0.5) is 0 Å². The summed E-state index contributed by atoms with van der Waals surface area (Å²) in [5.41, 5.74) is 5.61. The highest BCUT2D eigenvalue weighted by molar-refractivity contribution is 7.99. The Morgan fingerprint density at radius 1 is 1.67 bits per heavy atom. The maximum Gasteiger partial charge on any atom is 0.304 e. The lowest BCUT2D eigenvalue weighted by Crippen LogP contribution is -2.26. The van der Waals surface area contributed by atoms with Crippen LogP contribution in [0.25, 0.3) is 0 Å². The van der Waals surface area contributed by atoms with Crippen molar-refractivity contribution in [2.45, 2.75) is 38.0 Å². The van der Waals surface area contributed by atoms with E-state index in [4.69, 9.17) is 10.8 Å². The normalized spacial score (nSPS) is 15.6. The SMILES string of the molecule is CCS[C@@H](C)C[C@@H](N)CC(=O)O. The second-order valence-corrected chi connectivity index (χ2v) is 4.58. The molecular formula is C8H17NO2S. The standard InChI is InChI=1S/C8H17NO2S/c1-3-12-6(2)4-7(9)5-8(10)11/h6-7H,3-5,9H2,1-2H3,(H,10,11)/t6-,7+/m0/s1. The van der Waals surface area contributed by atoms with Crippen LogP contribution in [0.15, 0.2) is 0 Å². The Bertz CT molecular complexity index is 141. The van der Waals surface area contributed by atoms with Crippen LogP contribution in [0.2, 0.25) is 0 Å². The summed E-state index contributed by atoms with van der Waals surface area (Å²) in [5.74, 6) is 0.247. The molecule has 0 radical (unpaired) electrons. The molecular weight excluding hydrogens is 174 g/mol. The predicted octanol–water partition coefficient (Wildman–Crippen LogP) is 1.32. The largest absolute Gasteiger partial charge is 0.481 e. The van der Waals surface area contributed by atoms with Gasteiger partial charge in [-0.25, -0.2) is 0 Å². The van der Waals surface area contributed by atoms with Crippen molar-refractivity contribution >= 4 is 17.7 Å². The molecule has 0 aromatic heterocycles. The molecule has 3 nitrogen and oxygen atoms in total. The molecule has 0 rings (SSSR count). The summed E-state index contributed by atoms with van der Waals surface area (Å²) in [7, 11) is 0. The Balaban J connectivity index is 3.53. The smallest absolute Gasteiger partial charge is 0.304 e. The van der Waals surface area contributed by atoms with Crippen LogP contribution in [0.3, 0.4) is 0 Å². The highest BCUT2D eigenvalue weighted by Gasteiger charge is 2.11. The van der Waals surface area contributed by atoms with Crippen molar-refractivity contribution in [3.63, 3.8) is 0 Å². The topological polar surface area (TPSA) is 63.3 Å². The third kappa shape index (κ3) is 6.49. The third-order valence-corrected chi connectivity index (χ3v) is 2.62. The van der Waals surface area contributed by atoms with Gasteiger partial charge in [0.2, 0.25) is 0 Å². The van der Waals surface area contributed by atoms with E-state index in [1.807, 2.05) is 11.8 Å². The van der Waals surface area contributed by atoms with Gasteiger partial charge in [-0.1, -0.05) is 13.8 Å². The minimum absolute atomic E-state index is 0.0780. The fraction of sp³-hybridized carbons (Fsp3) is 0.875. The van der Waals surface area contributed by atoms with Crippen molar-refractivity contribution in [1.29, 1.82) is 0 Å². The van der Waals surface area contributed by atoms with E-state index in [2.05, 4.69) is 13.8 Å². The molecule has 0 amide bonds. The number of rotatable bonds is 6. The zero-order chi connectivity index (χ0) is 9.56. The molecule has 0 unspecified atom stereocenters. The van der Waals surface area contributed by atoms with Crippen LogP contribution < -0.4 is 5.73 Å². The molecule has 0 aromatic carbocycles. The first-order chi connectivity index (χ1) is 5.56. The molecule has 72 valence electrons. The first-order valence-corrected chi connectivity index (χ1v) is 5.20. The van der Waals surface area contributed by atoms with Crippen molar-refractivity contribution in [3.05, 3.63) is 0 Å². The van der Waals surface area contributed by atoms with Crippen molar-refractivity contribution in [3.8, 4) is 0 Å². The Morgan fingerprint density at radius 3 is 2.67 bits per heavy atom. The lowest BCUT2D eigenvalue weighted by atomic mass is 10.1. The molecule has 0 saturated heterocycles. The van der Waals surface area contributed by atoms with E-state index in [0.29, 0.717) is 5.25 Å². The molecule has 0 spiro atoms. The lowest BCUT2D eigenvalue weighted by Gasteiger charge is -2.14. The minimum Gasteiger partial charge on any atom is -0.481 e. The molecule has 0 aromatic rings. The van der Waals surface area contributed by atoms with Gasteiger partial charge in [-0.15, -0.1) is 0 Å². The summed E-state index contributed by atoms with van der Waals surface area (Å²) in [4.78, 5) is 10.3. The van der Waals surface area contributed by atoms with E-state index < -0.39 is 5.97 Å². The predicted molar refractivity (Wildman–Crippen MR) is 52.4 cm³/mol. The van der Waals surface area contributed by atoms with Gasteiger partial charge in [-0.2, -0.15) is 11.8 Å². The number of carboxylic acid groups (broad SMARTS) is 1. The Hall–Kier alpha value is -0.220. The second-order valence-electron chi connectivity index (χ2n) is 2.86. The number of thioether (sulfide) groups is 1. The van der Waals surface area contributed by atoms with E-state index in [1.165, 1.54) is 0 Å². The number of hydrogen-bond acceptors (Lipinski definition) is 3. The van der Waals surface area contributed by atoms with Gasteiger partial charge in [0.05, 0.1) is 6.42 Å². The maximum atomic E-state index is 10.3. The Morgan fingerprint density at radius 2 is 2.25 bits per heavy atom. The molecule has 3 N–H and O–H groups in total. The van der Waals surface area contributed by atoms with Gasteiger partial charge in [0, 0.05) is 11.3 Å². The summed E-state index contributed by atoms with van der Waals surface area (Å²) in [6.07, 6.45) is 0.861. The lowest BCUT2D eigenvalue weighted by molar-refractivity contribution is -0.137. The maximum absolute atomic E-state index is 10.3. The monoisotopic (exact) mass is 191 g/mol. The Kier molecular flexibility index (Phi) is 6.20. The van der Waals surface area contributed by atoms with Gasteiger partial charge >= 0.3 is 5.97 Å². The molecule has 2 atom stereocenters. The van der Waals surface area contributed by atoms with E-state index >= 15 is 0 Å². The van der Waals surface area contributed by atoms with E-state index in [1.54, 1.807) is 0 Å². The first kappa shape index (κ1) is 11.8. The van der Waals surface area contributed by atoms with Crippen LogP contribution in [-0.4, -0.2) is 28.1 Å². The van der Waals surface area contributed by atoms with Gasteiger partial charge in [0.1, 0.15) is 0 Å². The Labute approximate surface area is 77.7 Å². The van der Waals surface area contributed by atoms with E-state index in [9.17, 15) is 4.79 Å². The number of nitrogens with two attached hydrogens (primary N) is 1. The average molecular weight is 191 g/mol.